The van der Waals surface area contributed by atoms with Gasteiger partial charge < -0.3 is 4.84 Å². The molecule has 7 heteroatoms. The minimum Gasteiger partial charge on any atom is -0.324 e. The molecular formula is C16H13N3O4. The molecule has 116 valence electrons. The molecule has 0 N–H and O–H groups in total. The van der Waals surface area contributed by atoms with E-state index in [-0.39, 0.29) is 16.7 Å². The van der Waals surface area contributed by atoms with Gasteiger partial charge in [-0.25, -0.2) is 4.79 Å². The number of carbonyl (C=O) groups excluding carboxylic acids is 3. The van der Waals surface area contributed by atoms with Gasteiger partial charge in [0.15, 0.2) is 0 Å². The van der Waals surface area contributed by atoms with Crippen molar-refractivity contribution in [1.82, 2.24) is 15.3 Å². The number of fused-ring (bicyclic) bond motifs is 1. The summed E-state index contributed by atoms with van der Waals surface area (Å²) in [6.07, 6.45) is 0.472. The lowest BCUT2D eigenvalue weighted by molar-refractivity contribution is -0.0585. The summed E-state index contributed by atoms with van der Waals surface area (Å²) in [7, 11) is 0. The number of imide groups is 1. The van der Waals surface area contributed by atoms with Gasteiger partial charge in [0.2, 0.25) is 0 Å². The van der Waals surface area contributed by atoms with Crippen molar-refractivity contribution in [3.05, 3.63) is 58.4 Å². The average Bonchev–Trinajstić information content (AvgIpc) is 2.80. The van der Waals surface area contributed by atoms with E-state index in [0.717, 1.165) is 0 Å². The largest absolute Gasteiger partial charge is 0.365 e. The van der Waals surface area contributed by atoms with Gasteiger partial charge in [0, 0.05) is 0 Å². The Labute approximate surface area is 131 Å². The molecule has 23 heavy (non-hydrogen) atoms. The Morgan fingerprint density at radius 3 is 2.30 bits per heavy atom. The number of benzene rings is 1. The number of rotatable bonds is 3. The molecule has 2 aromatic rings. The van der Waals surface area contributed by atoms with Crippen molar-refractivity contribution < 1.29 is 19.2 Å². The Morgan fingerprint density at radius 2 is 1.74 bits per heavy atom. The van der Waals surface area contributed by atoms with Gasteiger partial charge in [-0.15, -0.1) is 0 Å². The van der Waals surface area contributed by atoms with Crippen LogP contribution in [0.25, 0.3) is 0 Å². The summed E-state index contributed by atoms with van der Waals surface area (Å²) in [5.74, 6) is -2.12. The minimum absolute atomic E-state index is 0.191. The van der Waals surface area contributed by atoms with Crippen LogP contribution in [0.1, 0.15) is 49.4 Å². The highest BCUT2D eigenvalue weighted by Crippen LogP contribution is 2.23. The van der Waals surface area contributed by atoms with E-state index in [2.05, 4.69) is 10.2 Å². The third kappa shape index (κ3) is 2.46. The molecule has 0 spiro atoms. The number of aromatic nitrogens is 2. The van der Waals surface area contributed by atoms with Crippen LogP contribution in [0.3, 0.4) is 0 Å². The second kappa shape index (κ2) is 5.60. The van der Waals surface area contributed by atoms with Crippen LogP contribution in [-0.2, 0) is 11.3 Å². The second-order valence-corrected chi connectivity index (χ2v) is 5.03. The molecule has 0 atom stereocenters. The van der Waals surface area contributed by atoms with Crippen LogP contribution in [0, 0.1) is 6.92 Å². The maximum Gasteiger partial charge on any atom is 0.365 e. The van der Waals surface area contributed by atoms with E-state index in [9.17, 15) is 14.4 Å². The highest BCUT2D eigenvalue weighted by Gasteiger charge is 2.39. The first-order valence-corrected chi connectivity index (χ1v) is 7.06. The van der Waals surface area contributed by atoms with Gasteiger partial charge in [0.1, 0.15) is 0 Å². The van der Waals surface area contributed by atoms with Crippen molar-refractivity contribution in [2.45, 2.75) is 20.3 Å². The summed E-state index contributed by atoms with van der Waals surface area (Å²) >= 11 is 0. The molecule has 0 bridgehead atoms. The smallest absolute Gasteiger partial charge is 0.324 e. The lowest BCUT2D eigenvalue weighted by Gasteiger charge is -2.13. The molecule has 7 nitrogen and oxygen atoms in total. The van der Waals surface area contributed by atoms with Gasteiger partial charge >= 0.3 is 5.97 Å². The maximum atomic E-state index is 12.3. The lowest BCUT2D eigenvalue weighted by Crippen LogP contribution is -2.33. The van der Waals surface area contributed by atoms with Gasteiger partial charge in [-0.2, -0.15) is 10.2 Å². The summed E-state index contributed by atoms with van der Waals surface area (Å²) in [6, 6.07) is 7.83. The zero-order valence-electron chi connectivity index (χ0n) is 12.6. The number of hydrogen-bond acceptors (Lipinski definition) is 6. The number of carbonyl (C=O) groups is 3. The molecule has 1 aromatic heterocycles. The fourth-order valence-electron chi connectivity index (χ4n) is 2.33. The Balaban J connectivity index is 1.89. The van der Waals surface area contributed by atoms with Gasteiger partial charge in [-0.3, -0.25) is 9.59 Å². The highest BCUT2D eigenvalue weighted by atomic mass is 16.7. The third-order valence-corrected chi connectivity index (χ3v) is 3.48. The quantitative estimate of drug-likeness (QED) is 0.802. The fourth-order valence-corrected chi connectivity index (χ4v) is 2.33. The van der Waals surface area contributed by atoms with Crippen molar-refractivity contribution >= 4 is 17.8 Å². The summed E-state index contributed by atoms with van der Waals surface area (Å²) < 4.78 is 0. The minimum atomic E-state index is -0.811. The van der Waals surface area contributed by atoms with E-state index in [1.807, 2.05) is 6.92 Å². The van der Waals surface area contributed by atoms with E-state index in [0.29, 0.717) is 22.9 Å². The van der Waals surface area contributed by atoms with Crippen molar-refractivity contribution in [3.8, 4) is 0 Å². The van der Waals surface area contributed by atoms with Gasteiger partial charge in [-0.1, -0.05) is 24.1 Å². The molecule has 0 aliphatic carbocycles. The predicted octanol–water partition coefficient (Wildman–Crippen LogP) is 1.72. The standard InChI is InChI=1S/C16H13N3O4/c1-3-13-12(8-9(2)17-18-13)16(22)23-19-14(20)10-6-4-5-7-11(10)15(19)21/h4-8H,3H2,1-2H3. The fraction of sp³-hybridized carbons (Fsp3) is 0.188. The van der Waals surface area contributed by atoms with E-state index < -0.39 is 17.8 Å². The van der Waals surface area contributed by atoms with Crippen molar-refractivity contribution in [1.29, 1.82) is 0 Å². The van der Waals surface area contributed by atoms with Crippen LogP contribution in [0.4, 0.5) is 0 Å². The normalized spacial score (nSPS) is 13.2. The molecule has 1 aliphatic heterocycles. The predicted molar refractivity (Wildman–Crippen MR) is 78.5 cm³/mol. The molecule has 1 aromatic carbocycles. The Kier molecular flexibility index (Phi) is 3.61. The zero-order valence-corrected chi connectivity index (χ0v) is 12.6. The van der Waals surface area contributed by atoms with Crippen LogP contribution < -0.4 is 0 Å². The van der Waals surface area contributed by atoms with Crippen LogP contribution in [0.2, 0.25) is 0 Å². The van der Waals surface area contributed by atoms with Crippen molar-refractivity contribution in [2.24, 2.45) is 0 Å². The summed E-state index contributed by atoms with van der Waals surface area (Å²) in [5, 5.41) is 8.30. The van der Waals surface area contributed by atoms with E-state index in [1.54, 1.807) is 19.1 Å². The molecule has 0 radical (unpaired) electrons. The molecule has 2 heterocycles. The van der Waals surface area contributed by atoms with E-state index >= 15 is 0 Å². The van der Waals surface area contributed by atoms with Crippen molar-refractivity contribution in [3.63, 3.8) is 0 Å². The van der Waals surface area contributed by atoms with Gasteiger partial charge in [0.25, 0.3) is 11.8 Å². The molecule has 0 saturated carbocycles. The average molecular weight is 311 g/mol. The molecule has 2 amide bonds. The molecule has 3 rings (SSSR count). The van der Waals surface area contributed by atoms with Gasteiger partial charge in [0.05, 0.1) is 28.1 Å². The first-order chi connectivity index (χ1) is 11.0. The number of aryl methyl sites for hydroxylation is 2. The monoisotopic (exact) mass is 311 g/mol. The Hall–Kier alpha value is -3.09. The van der Waals surface area contributed by atoms with E-state index in [4.69, 9.17) is 4.84 Å². The SMILES string of the molecule is CCc1nnc(C)cc1C(=O)ON1C(=O)c2ccccc2C1=O. The second-order valence-electron chi connectivity index (χ2n) is 5.03. The molecule has 0 fully saturated rings. The first kappa shape index (κ1) is 14.8. The van der Waals surface area contributed by atoms with Crippen LogP contribution in [-0.4, -0.2) is 33.0 Å². The van der Waals surface area contributed by atoms with Crippen LogP contribution >= 0.6 is 0 Å². The third-order valence-electron chi connectivity index (χ3n) is 3.48. The number of nitrogens with zero attached hydrogens (tertiary/aromatic N) is 3. The summed E-state index contributed by atoms with van der Waals surface area (Å²) in [6.45, 7) is 3.50. The first-order valence-electron chi connectivity index (χ1n) is 7.06. The molecule has 0 saturated heterocycles. The zero-order chi connectivity index (χ0) is 16.6. The van der Waals surface area contributed by atoms with Crippen LogP contribution in [0.15, 0.2) is 30.3 Å². The number of amides is 2. The number of hydroxylamine groups is 2. The topological polar surface area (TPSA) is 89.5 Å². The Morgan fingerprint density at radius 1 is 1.13 bits per heavy atom. The molecule has 1 aliphatic rings. The van der Waals surface area contributed by atoms with Crippen molar-refractivity contribution in [2.75, 3.05) is 0 Å². The number of hydrogen-bond donors (Lipinski definition) is 0. The van der Waals surface area contributed by atoms with Crippen LogP contribution in [0.5, 0.6) is 0 Å². The van der Waals surface area contributed by atoms with E-state index in [1.165, 1.54) is 18.2 Å². The Bertz CT molecular complexity index is 797. The lowest BCUT2D eigenvalue weighted by atomic mass is 10.1. The maximum absolute atomic E-state index is 12.3. The highest BCUT2D eigenvalue weighted by molar-refractivity contribution is 6.21. The molecule has 0 unspecified atom stereocenters. The molecular weight excluding hydrogens is 298 g/mol. The van der Waals surface area contributed by atoms with Gasteiger partial charge in [-0.05, 0) is 31.5 Å². The summed E-state index contributed by atoms with van der Waals surface area (Å²) in [5.41, 5.74) is 1.60. The summed E-state index contributed by atoms with van der Waals surface area (Å²) in [4.78, 5) is 41.8.